The van der Waals surface area contributed by atoms with E-state index in [9.17, 15) is 0 Å². The van der Waals surface area contributed by atoms with Crippen LogP contribution in [0.1, 0.15) is 13.8 Å². The summed E-state index contributed by atoms with van der Waals surface area (Å²) >= 11 is 0. The van der Waals surface area contributed by atoms with Crippen molar-refractivity contribution in [2.45, 2.75) is 13.8 Å². The first-order valence-corrected chi connectivity index (χ1v) is 2.41. The maximum Gasteiger partial charge on any atom is 0.321 e. The molecule has 0 saturated heterocycles. The molecule has 0 bridgehead atoms. The van der Waals surface area contributed by atoms with Crippen molar-refractivity contribution in [2.75, 3.05) is 0 Å². The molecule has 0 aromatic carbocycles. The normalized spacial score (nSPS) is 10.9. The zero-order valence-corrected chi connectivity index (χ0v) is 5.13. The molecule has 4 heteroatoms. The van der Waals surface area contributed by atoms with Gasteiger partial charge in [0.1, 0.15) is 0 Å². The smallest absolute Gasteiger partial charge is 0.285 e. The molecule has 0 aliphatic rings. The van der Waals surface area contributed by atoms with E-state index in [1.807, 2.05) is 13.8 Å². The Balaban J connectivity index is 3.66. The lowest BCUT2D eigenvalue weighted by molar-refractivity contribution is -0.121. The predicted octanol–water partition coefficient (Wildman–Crippen LogP) is -0.874. The molecule has 4 N–H and O–H groups in total. The fourth-order valence-electron chi connectivity index (χ4n) is 0.182. The minimum Gasteiger partial charge on any atom is -0.285 e. The lowest BCUT2D eigenvalue weighted by atomic mass is 10.2. The van der Waals surface area contributed by atoms with E-state index in [4.69, 9.17) is 11.3 Å². The van der Waals surface area contributed by atoms with Crippen molar-refractivity contribution in [1.82, 2.24) is 0 Å². The van der Waals surface area contributed by atoms with E-state index >= 15 is 0 Å². The summed E-state index contributed by atoms with van der Waals surface area (Å²) < 4.78 is 0. The number of hydrogen-bond donors (Lipinski definition) is 2. The third kappa shape index (κ3) is 2.28. The summed E-state index contributed by atoms with van der Waals surface area (Å²) in [7, 11) is 0. The van der Waals surface area contributed by atoms with E-state index in [0.29, 0.717) is 5.84 Å². The van der Waals surface area contributed by atoms with Gasteiger partial charge in [0.25, 0.3) is 0 Å². The molecule has 0 aliphatic carbocycles. The average molecular weight is 115 g/mol. The van der Waals surface area contributed by atoms with Crippen LogP contribution in [-0.4, -0.2) is 5.84 Å². The van der Waals surface area contributed by atoms with Crippen molar-refractivity contribution in [3.05, 3.63) is 0 Å². The van der Waals surface area contributed by atoms with Crippen molar-refractivity contribution in [3.63, 3.8) is 0 Å². The quantitative estimate of drug-likeness (QED) is 0.150. The third-order valence-corrected chi connectivity index (χ3v) is 0.765. The highest BCUT2D eigenvalue weighted by atomic mass is 15.3. The van der Waals surface area contributed by atoms with E-state index < -0.39 is 0 Å². The Morgan fingerprint density at radius 2 is 2.12 bits per heavy atom. The molecule has 0 atom stereocenters. The standard InChI is InChI=1S/C4H10N4/c1-3(2)4(5)7-8-6/h3H,1-2H3,(H3,5,6,7)/p+1. The Morgan fingerprint density at radius 3 is 2.25 bits per heavy atom. The second kappa shape index (κ2) is 3.12. The molecule has 8 heavy (non-hydrogen) atoms. The lowest BCUT2D eigenvalue weighted by Gasteiger charge is -1.86. The fraction of sp³-hybridized carbons (Fsp3) is 0.750. The van der Waals surface area contributed by atoms with Gasteiger partial charge in [0, 0.05) is 5.22 Å². The van der Waals surface area contributed by atoms with E-state index in [1.54, 1.807) is 0 Å². The van der Waals surface area contributed by atoms with Gasteiger partial charge in [-0.2, -0.15) is 0 Å². The highest BCUT2D eigenvalue weighted by Crippen LogP contribution is 1.90. The van der Waals surface area contributed by atoms with E-state index in [2.05, 4.69) is 10.3 Å². The van der Waals surface area contributed by atoms with Gasteiger partial charge >= 0.3 is 5.84 Å². The molecule has 0 saturated carbocycles. The molecule has 4 nitrogen and oxygen atoms in total. The highest BCUT2D eigenvalue weighted by Gasteiger charge is 2.07. The highest BCUT2D eigenvalue weighted by molar-refractivity contribution is 5.78. The summed E-state index contributed by atoms with van der Waals surface area (Å²) in [6.07, 6.45) is 0. The number of rotatable bonds is 1. The van der Waals surface area contributed by atoms with Crippen LogP contribution in [0, 0.1) is 5.92 Å². The molecule has 0 heterocycles. The predicted molar refractivity (Wildman–Crippen MR) is 30.8 cm³/mol. The second-order valence-corrected chi connectivity index (χ2v) is 1.80. The van der Waals surface area contributed by atoms with Crippen LogP contribution in [0.3, 0.4) is 0 Å². The van der Waals surface area contributed by atoms with Crippen molar-refractivity contribution >= 4 is 5.84 Å². The Bertz CT molecular complexity index is 105. The summed E-state index contributed by atoms with van der Waals surface area (Å²) in [5.74, 6) is 5.41. The van der Waals surface area contributed by atoms with Crippen LogP contribution in [0.15, 0.2) is 10.3 Å². The number of nitrogens with zero attached hydrogens (tertiary/aromatic N) is 2. The van der Waals surface area contributed by atoms with E-state index in [1.165, 1.54) is 0 Å². The maximum atomic E-state index is 5.30. The Labute approximate surface area is 48.3 Å². The Morgan fingerprint density at radius 1 is 1.62 bits per heavy atom. The Kier molecular flexibility index (Phi) is 2.76. The van der Waals surface area contributed by atoms with E-state index in [0.717, 1.165) is 0 Å². The van der Waals surface area contributed by atoms with Crippen molar-refractivity contribution < 1.29 is 5.41 Å². The van der Waals surface area contributed by atoms with Gasteiger partial charge in [0.2, 0.25) is 0 Å². The molecular formula is C4H11N4+. The monoisotopic (exact) mass is 115 g/mol. The van der Waals surface area contributed by atoms with Gasteiger partial charge in [-0.05, 0) is 0 Å². The minimum atomic E-state index is 0.224. The SMILES string of the molecule is CC(C)C(=[NH2+])N=NN. The van der Waals surface area contributed by atoms with Crippen LogP contribution in [-0.2, 0) is 0 Å². The van der Waals surface area contributed by atoms with Gasteiger partial charge in [-0.15, -0.1) is 0 Å². The van der Waals surface area contributed by atoms with Crippen LogP contribution in [0.2, 0.25) is 0 Å². The number of amidine groups is 1. The van der Waals surface area contributed by atoms with Crippen LogP contribution in [0.4, 0.5) is 0 Å². The van der Waals surface area contributed by atoms with Crippen molar-refractivity contribution in [1.29, 1.82) is 0 Å². The first-order valence-electron chi connectivity index (χ1n) is 2.41. The fourth-order valence-corrected chi connectivity index (χ4v) is 0.182. The third-order valence-electron chi connectivity index (χ3n) is 0.765. The first-order chi connectivity index (χ1) is 3.68. The summed E-state index contributed by atoms with van der Waals surface area (Å²) in [6, 6.07) is 0. The zero-order chi connectivity index (χ0) is 6.57. The Hall–Kier alpha value is -0.930. The number of nitrogens with two attached hydrogens (primary N) is 2. The minimum absolute atomic E-state index is 0.224. The van der Waals surface area contributed by atoms with Gasteiger partial charge in [-0.3, -0.25) is 11.3 Å². The maximum absolute atomic E-state index is 5.30. The molecule has 0 aromatic rings. The van der Waals surface area contributed by atoms with Crippen molar-refractivity contribution in [3.8, 4) is 0 Å². The largest absolute Gasteiger partial charge is 0.321 e. The molecule has 0 aromatic heterocycles. The number of hydrogen-bond acceptors (Lipinski definition) is 1. The van der Waals surface area contributed by atoms with Crippen LogP contribution in [0.25, 0.3) is 0 Å². The van der Waals surface area contributed by atoms with E-state index in [-0.39, 0.29) is 5.92 Å². The lowest BCUT2D eigenvalue weighted by Crippen LogP contribution is -2.41. The van der Waals surface area contributed by atoms with Gasteiger partial charge in [0.05, 0.1) is 11.0 Å². The van der Waals surface area contributed by atoms with Gasteiger partial charge < -0.3 is 0 Å². The van der Waals surface area contributed by atoms with Crippen LogP contribution < -0.4 is 11.3 Å². The van der Waals surface area contributed by atoms with Crippen LogP contribution >= 0.6 is 0 Å². The zero-order valence-electron chi connectivity index (χ0n) is 5.13. The first kappa shape index (κ1) is 7.07. The summed E-state index contributed by atoms with van der Waals surface area (Å²) in [6.45, 7) is 3.84. The van der Waals surface area contributed by atoms with Gasteiger partial charge in [0.15, 0.2) is 0 Å². The molecule has 0 aliphatic heterocycles. The molecule has 0 spiro atoms. The molecule has 0 rings (SSSR count). The molecule has 46 valence electrons. The van der Waals surface area contributed by atoms with Gasteiger partial charge in [-0.25, -0.2) is 0 Å². The average Bonchev–Trinajstić information content (AvgIpc) is 1.67. The van der Waals surface area contributed by atoms with Gasteiger partial charge in [-0.1, -0.05) is 13.8 Å². The van der Waals surface area contributed by atoms with Crippen molar-refractivity contribution in [2.24, 2.45) is 22.1 Å². The summed E-state index contributed by atoms with van der Waals surface area (Å²) in [5.41, 5.74) is 0. The summed E-state index contributed by atoms with van der Waals surface area (Å²) in [4.78, 5) is 0. The second-order valence-electron chi connectivity index (χ2n) is 1.80. The molecule has 0 radical (unpaired) electrons. The molecular weight excluding hydrogens is 104 g/mol. The van der Waals surface area contributed by atoms with Crippen LogP contribution in [0.5, 0.6) is 0 Å². The topological polar surface area (TPSA) is 76.3 Å². The summed E-state index contributed by atoms with van der Waals surface area (Å²) in [5, 5.41) is 11.7. The molecule has 0 unspecified atom stereocenters. The molecule has 0 amide bonds. The molecule has 0 fully saturated rings.